The van der Waals surface area contributed by atoms with E-state index in [2.05, 4.69) is 110 Å². The van der Waals surface area contributed by atoms with E-state index >= 15 is 0 Å². The predicted octanol–water partition coefficient (Wildman–Crippen LogP) is 7.93. The first-order valence-corrected chi connectivity index (χ1v) is 10.5. The fourth-order valence-corrected chi connectivity index (χ4v) is 4.56. The number of aromatic nitrogens is 1. The molecule has 0 aliphatic heterocycles. The van der Waals surface area contributed by atoms with Crippen molar-refractivity contribution in [3.8, 4) is 22.3 Å². The maximum atomic E-state index is 3.98. The molecule has 0 amide bonds. The summed E-state index contributed by atoms with van der Waals surface area (Å²) in [6.45, 7) is 9.14. The Hall–Kier alpha value is -3.58. The van der Waals surface area contributed by atoms with Gasteiger partial charge in [0.25, 0.3) is 0 Å². The van der Waals surface area contributed by atoms with Crippen LogP contribution in [0, 0.1) is 13.8 Å². The van der Waals surface area contributed by atoms with Crippen LogP contribution in [-0.4, -0.2) is 4.57 Å². The highest BCUT2D eigenvalue weighted by atomic mass is 15.0. The lowest BCUT2D eigenvalue weighted by Gasteiger charge is -2.07. The van der Waals surface area contributed by atoms with Crippen molar-refractivity contribution >= 4 is 21.8 Å². The molecule has 0 saturated heterocycles. The van der Waals surface area contributed by atoms with Gasteiger partial charge in [-0.1, -0.05) is 66.7 Å². The second kappa shape index (κ2) is 7.35. The van der Waals surface area contributed by atoms with Gasteiger partial charge in [0.15, 0.2) is 0 Å². The number of hydrogen-bond donors (Lipinski definition) is 0. The molecular formula is C29H25N. The maximum absolute atomic E-state index is 3.98. The molecule has 5 rings (SSSR count). The average molecular weight is 388 g/mol. The second-order valence-electron chi connectivity index (χ2n) is 7.99. The predicted molar refractivity (Wildman–Crippen MR) is 130 cm³/mol. The molecule has 0 unspecified atom stereocenters. The van der Waals surface area contributed by atoms with Crippen molar-refractivity contribution in [3.63, 3.8) is 0 Å². The summed E-state index contributed by atoms with van der Waals surface area (Å²) in [6.07, 6.45) is 1.98. The van der Waals surface area contributed by atoms with Crippen LogP contribution in [0.2, 0.25) is 0 Å². The third-order valence-corrected chi connectivity index (χ3v) is 6.09. The van der Waals surface area contributed by atoms with E-state index < -0.39 is 0 Å². The number of rotatable bonds is 4. The van der Waals surface area contributed by atoms with Crippen LogP contribution >= 0.6 is 0 Å². The zero-order valence-corrected chi connectivity index (χ0v) is 17.5. The molecule has 1 heteroatoms. The Morgan fingerprint density at radius 3 is 1.57 bits per heavy atom. The third kappa shape index (κ3) is 2.95. The summed E-state index contributed by atoms with van der Waals surface area (Å²) in [4.78, 5) is 0. The highest BCUT2D eigenvalue weighted by Gasteiger charge is 2.13. The molecule has 0 atom stereocenters. The minimum Gasteiger partial charge on any atom is -0.337 e. The number of aryl methyl sites for hydroxylation is 2. The zero-order chi connectivity index (χ0) is 20.7. The van der Waals surface area contributed by atoms with Gasteiger partial charge in [-0.25, -0.2) is 0 Å². The number of fused-ring (bicyclic) bond motifs is 3. The Kier molecular flexibility index (Phi) is 4.52. The van der Waals surface area contributed by atoms with Crippen molar-refractivity contribution in [2.24, 2.45) is 0 Å². The van der Waals surface area contributed by atoms with E-state index in [9.17, 15) is 0 Å². The molecule has 1 heterocycles. The monoisotopic (exact) mass is 387 g/mol. The fraction of sp³-hybridized carbons (Fsp3) is 0.103. The molecule has 0 saturated carbocycles. The molecule has 0 N–H and O–H groups in total. The van der Waals surface area contributed by atoms with Crippen LogP contribution in [0.25, 0.3) is 44.1 Å². The fourth-order valence-electron chi connectivity index (χ4n) is 4.56. The standard InChI is InChI=1S/C29H25N/c1-4-17-30-28-15-13-22(24-11-7-5-9-20(24)2)18-26(28)27-19-23(14-16-29(27)30)25-12-8-6-10-21(25)3/h4-16,18-19H,1,17H2,2-3H3. The molecule has 0 aliphatic carbocycles. The molecule has 4 aromatic carbocycles. The highest BCUT2D eigenvalue weighted by Crippen LogP contribution is 2.36. The summed E-state index contributed by atoms with van der Waals surface area (Å²) in [5.41, 5.74) is 10.2. The third-order valence-electron chi connectivity index (χ3n) is 6.09. The van der Waals surface area contributed by atoms with Gasteiger partial charge in [-0.05, 0) is 71.5 Å². The number of benzene rings is 4. The van der Waals surface area contributed by atoms with Gasteiger partial charge in [-0.15, -0.1) is 6.58 Å². The average Bonchev–Trinajstić information content (AvgIpc) is 3.07. The first kappa shape index (κ1) is 18.4. The van der Waals surface area contributed by atoms with Crippen LogP contribution in [0.5, 0.6) is 0 Å². The second-order valence-corrected chi connectivity index (χ2v) is 7.99. The number of nitrogens with zero attached hydrogens (tertiary/aromatic N) is 1. The Balaban J connectivity index is 1.81. The molecule has 5 aromatic rings. The van der Waals surface area contributed by atoms with E-state index in [0.29, 0.717) is 0 Å². The Bertz CT molecular complexity index is 1300. The Morgan fingerprint density at radius 1 is 0.667 bits per heavy atom. The quantitative estimate of drug-likeness (QED) is 0.276. The van der Waals surface area contributed by atoms with Gasteiger partial charge in [0.2, 0.25) is 0 Å². The summed E-state index contributed by atoms with van der Waals surface area (Å²) in [6, 6.07) is 30.9. The lowest BCUT2D eigenvalue weighted by molar-refractivity contribution is 0.901. The van der Waals surface area contributed by atoms with Crippen LogP contribution in [0.15, 0.2) is 97.6 Å². The van der Waals surface area contributed by atoms with Crippen LogP contribution in [-0.2, 0) is 6.54 Å². The molecule has 0 fully saturated rings. The largest absolute Gasteiger partial charge is 0.337 e. The number of hydrogen-bond acceptors (Lipinski definition) is 0. The van der Waals surface area contributed by atoms with E-state index in [4.69, 9.17) is 0 Å². The molecule has 1 nitrogen and oxygen atoms in total. The summed E-state index contributed by atoms with van der Waals surface area (Å²) in [7, 11) is 0. The summed E-state index contributed by atoms with van der Waals surface area (Å²) in [5, 5.41) is 2.59. The molecule has 0 aliphatic rings. The van der Waals surface area contributed by atoms with Crippen molar-refractivity contribution in [2.45, 2.75) is 20.4 Å². The molecule has 1 aromatic heterocycles. The Morgan fingerprint density at radius 2 is 1.13 bits per heavy atom. The van der Waals surface area contributed by atoms with Crippen molar-refractivity contribution < 1.29 is 0 Å². The number of allylic oxidation sites excluding steroid dienone is 1. The normalized spacial score (nSPS) is 11.3. The molecular weight excluding hydrogens is 362 g/mol. The van der Waals surface area contributed by atoms with Crippen molar-refractivity contribution in [1.29, 1.82) is 0 Å². The lowest BCUT2D eigenvalue weighted by Crippen LogP contribution is -1.94. The van der Waals surface area contributed by atoms with Crippen LogP contribution < -0.4 is 0 Å². The summed E-state index contributed by atoms with van der Waals surface area (Å²) < 4.78 is 2.36. The van der Waals surface area contributed by atoms with Gasteiger partial charge in [0.05, 0.1) is 0 Å². The van der Waals surface area contributed by atoms with E-state index in [1.54, 1.807) is 0 Å². The molecule has 0 spiro atoms. The zero-order valence-electron chi connectivity index (χ0n) is 17.5. The summed E-state index contributed by atoms with van der Waals surface area (Å²) >= 11 is 0. The van der Waals surface area contributed by atoms with Crippen LogP contribution in [0.1, 0.15) is 11.1 Å². The molecule has 0 radical (unpaired) electrons. The first-order chi connectivity index (χ1) is 14.7. The van der Waals surface area contributed by atoms with Crippen LogP contribution in [0.3, 0.4) is 0 Å². The van der Waals surface area contributed by atoms with Crippen molar-refractivity contribution in [1.82, 2.24) is 4.57 Å². The van der Waals surface area contributed by atoms with E-state index in [1.165, 1.54) is 55.2 Å². The van der Waals surface area contributed by atoms with Gasteiger partial charge in [0, 0.05) is 28.4 Å². The molecule has 146 valence electrons. The van der Waals surface area contributed by atoms with E-state index in [0.717, 1.165) is 6.54 Å². The smallest absolute Gasteiger partial charge is 0.0494 e. The van der Waals surface area contributed by atoms with E-state index in [-0.39, 0.29) is 0 Å². The SMILES string of the molecule is C=CCn1c2ccc(-c3ccccc3C)cc2c2cc(-c3ccccc3C)ccc21. The van der Waals surface area contributed by atoms with Gasteiger partial charge in [-0.3, -0.25) is 0 Å². The van der Waals surface area contributed by atoms with Gasteiger partial charge in [0.1, 0.15) is 0 Å². The molecule has 30 heavy (non-hydrogen) atoms. The van der Waals surface area contributed by atoms with E-state index in [1.807, 2.05) is 6.08 Å². The molecule has 0 bridgehead atoms. The van der Waals surface area contributed by atoms with Gasteiger partial charge in [-0.2, -0.15) is 0 Å². The minimum atomic E-state index is 0.799. The van der Waals surface area contributed by atoms with Crippen molar-refractivity contribution in [3.05, 3.63) is 109 Å². The summed E-state index contributed by atoms with van der Waals surface area (Å²) in [5.74, 6) is 0. The topological polar surface area (TPSA) is 4.93 Å². The highest BCUT2D eigenvalue weighted by molar-refractivity contribution is 6.10. The van der Waals surface area contributed by atoms with Crippen LogP contribution in [0.4, 0.5) is 0 Å². The maximum Gasteiger partial charge on any atom is 0.0494 e. The lowest BCUT2D eigenvalue weighted by atomic mass is 9.97. The Labute approximate surface area is 177 Å². The first-order valence-electron chi connectivity index (χ1n) is 10.5. The van der Waals surface area contributed by atoms with Gasteiger partial charge >= 0.3 is 0 Å². The van der Waals surface area contributed by atoms with Crippen molar-refractivity contribution in [2.75, 3.05) is 0 Å². The van der Waals surface area contributed by atoms with Gasteiger partial charge < -0.3 is 4.57 Å². The minimum absolute atomic E-state index is 0.799.